The first-order chi connectivity index (χ1) is 15.7. The molecule has 0 saturated carbocycles. The summed E-state index contributed by atoms with van der Waals surface area (Å²) >= 11 is 1.19. The van der Waals surface area contributed by atoms with Crippen molar-refractivity contribution in [1.29, 1.82) is 0 Å². The van der Waals surface area contributed by atoms with Gasteiger partial charge < -0.3 is 15.9 Å². The smallest absolute Gasteiger partial charge is 0.250 e. The van der Waals surface area contributed by atoms with Gasteiger partial charge in [0, 0.05) is 5.56 Å². The number of aromatic nitrogens is 3. The Bertz CT molecular complexity index is 1190. The highest BCUT2D eigenvalue weighted by Crippen LogP contribution is 2.38. The lowest BCUT2D eigenvalue weighted by molar-refractivity contribution is -0.126. The summed E-state index contributed by atoms with van der Waals surface area (Å²) in [6.45, 7) is 7.72. The van der Waals surface area contributed by atoms with Crippen LogP contribution in [0.3, 0.4) is 0 Å². The van der Waals surface area contributed by atoms with Crippen molar-refractivity contribution in [2.24, 2.45) is 0 Å². The second kappa shape index (κ2) is 8.78. The maximum atomic E-state index is 13.5. The number of hydrogen-bond donors (Lipinski definition) is 2. The fraction of sp³-hybridized carbons (Fsp3) is 0.304. The van der Waals surface area contributed by atoms with Gasteiger partial charge in [-0.1, -0.05) is 23.9 Å². The van der Waals surface area contributed by atoms with E-state index >= 15 is 0 Å². The predicted octanol–water partition coefficient (Wildman–Crippen LogP) is 3.30. The van der Waals surface area contributed by atoms with Crippen molar-refractivity contribution < 1.29 is 14.3 Å². The fourth-order valence-electron chi connectivity index (χ4n) is 3.66. The first-order valence-corrected chi connectivity index (χ1v) is 11.5. The lowest BCUT2D eigenvalue weighted by atomic mass is 9.96. The van der Waals surface area contributed by atoms with Crippen LogP contribution in [0.1, 0.15) is 27.7 Å². The molecule has 172 valence electrons. The summed E-state index contributed by atoms with van der Waals surface area (Å²) in [6, 6.07) is 14.6. The maximum absolute atomic E-state index is 13.5. The van der Waals surface area contributed by atoms with Crippen LogP contribution in [0.4, 0.5) is 11.4 Å². The van der Waals surface area contributed by atoms with Crippen LogP contribution in [0, 0.1) is 0 Å². The van der Waals surface area contributed by atoms with Gasteiger partial charge in [-0.3, -0.25) is 14.5 Å². The third-order valence-electron chi connectivity index (χ3n) is 5.45. The van der Waals surface area contributed by atoms with E-state index in [1.165, 1.54) is 16.4 Å². The van der Waals surface area contributed by atoms with Crippen LogP contribution in [0.15, 0.2) is 53.7 Å². The van der Waals surface area contributed by atoms with Gasteiger partial charge in [-0.25, -0.2) is 4.68 Å². The molecular weight excluding hydrogens is 440 g/mol. The summed E-state index contributed by atoms with van der Waals surface area (Å²) in [7, 11) is 0. The molecule has 1 aliphatic rings. The van der Waals surface area contributed by atoms with E-state index in [-0.39, 0.29) is 11.8 Å². The van der Waals surface area contributed by atoms with E-state index < -0.39 is 10.8 Å². The third kappa shape index (κ3) is 4.13. The minimum Gasteiger partial charge on any atom is -0.494 e. The van der Waals surface area contributed by atoms with Gasteiger partial charge in [-0.2, -0.15) is 0 Å². The zero-order valence-electron chi connectivity index (χ0n) is 18.9. The highest BCUT2D eigenvalue weighted by Gasteiger charge is 2.45. The van der Waals surface area contributed by atoms with Crippen LogP contribution in [-0.2, 0) is 9.59 Å². The Morgan fingerprint density at radius 3 is 2.58 bits per heavy atom. The zero-order valence-corrected chi connectivity index (χ0v) is 19.7. The van der Waals surface area contributed by atoms with E-state index in [2.05, 4.69) is 15.5 Å². The van der Waals surface area contributed by atoms with E-state index in [9.17, 15) is 9.59 Å². The zero-order chi connectivity index (χ0) is 23.8. The Morgan fingerprint density at radius 2 is 1.88 bits per heavy atom. The molecule has 3 N–H and O–H groups in total. The molecular formula is C23H26N6O3S. The number of thioether (sulfide) groups is 1. The molecule has 10 heteroatoms. The van der Waals surface area contributed by atoms with Crippen molar-refractivity contribution in [1.82, 2.24) is 14.9 Å². The molecule has 2 aromatic carbocycles. The molecule has 1 aromatic heterocycles. The van der Waals surface area contributed by atoms with Gasteiger partial charge in [-0.15, -0.1) is 10.2 Å². The SMILES string of the molecule is CCOc1ccc(-c2nnc(SC(C)C(=O)N3c4ccccc4NC(=O)C3(C)C)n2N)cc1. The largest absolute Gasteiger partial charge is 0.494 e. The second-order valence-electron chi connectivity index (χ2n) is 8.10. The van der Waals surface area contributed by atoms with Crippen LogP contribution in [0.2, 0.25) is 0 Å². The number of nitrogens with one attached hydrogen (secondary N) is 1. The molecule has 9 nitrogen and oxygen atoms in total. The van der Waals surface area contributed by atoms with Crippen LogP contribution in [0.25, 0.3) is 11.4 Å². The summed E-state index contributed by atoms with van der Waals surface area (Å²) in [5.74, 6) is 7.02. The number of fused-ring (bicyclic) bond motifs is 1. The molecule has 1 aliphatic heterocycles. The standard InChI is InChI=1S/C23H26N6O3S/c1-5-32-16-12-10-15(11-13-16)19-26-27-22(29(19)24)33-14(2)20(30)28-18-9-7-6-8-17(18)25-21(31)23(28,3)4/h6-14H,5,24H2,1-4H3,(H,25,31). The van der Waals surface area contributed by atoms with Crippen molar-refractivity contribution in [2.45, 2.75) is 43.6 Å². The molecule has 3 aromatic rings. The highest BCUT2D eigenvalue weighted by atomic mass is 32.2. The number of rotatable bonds is 6. The summed E-state index contributed by atoms with van der Waals surface area (Å²) in [5.41, 5.74) is 0.988. The van der Waals surface area contributed by atoms with Crippen LogP contribution in [0.5, 0.6) is 5.75 Å². The number of nitrogens with two attached hydrogens (primary N) is 1. The van der Waals surface area contributed by atoms with E-state index in [1.54, 1.807) is 31.7 Å². The molecule has 4 rings (SSSR count). The lowest BCUT2D eigenvalue weighted by Crippen LogP contribution is -2.60. The number of anilines is 2. The molecule has 0 spiro atoms. The van der Waals surface area contributed by atoms with Gasteiger partial charge in [0.05, 0.1) is 23.2 Å². The molecule has 0 saturated heterocycles. The monoisotopic (exact) mass is 466 g/mol. The average Bonchev–Trinajstić information content (AvgIpc) is 3.15. The molecule has 1 atom stereocenters. The minimum atomic E-state index is -1.05. The molecule has 0 radical (unpaired) electrons. The molecule has 0 aliphatic carbocycles. The molecule has 0 bridgehead atoms. The van der Waals surface area contributed by atoms with E-state index in [1.807, 2.05) is 49.4 Å². The van der Waals surface area contributed by atoms with Gasteiger partial charge in [0.2, 0.25) is 17.0 Å². The highest BCUT2D eigenvalue weighted by molar-refractivity contribution is 8.00. The Labute approximate surface area is 196 Å². The Balaban J connectivity index is 1.57. The number of amides is 2. The van der Waals surface area contributed by atoms with E-state index in [0.29, 0.717) is 29.0 Å². The van der Waals surface area contributed by atoms with Crippen molar-refractivity contribution in [2.75, 3.05) is 22.7 Å². The maximum Gasteiger partial charge on any atom is 0.250 e. The Morgan fingerprint density at radius 1 is 1.18 bits per heavy atom. The molecule has 33 heavy (non-hydrogen) atoms. The number of nitrogen functional groups attached to an aromatic ring is 1. The van der Waals surface area contributed by atoms with Crippen molar-refractivity contribution >= 4 is 35.0 Å². The summed E-state index contributed by atoms with van der Waals surface area (Å²) in [4.78, 5) is 27.8. The second-order valence-corrected chi connectivity index (χ2v) is 9.41. The first-order valence-electron chi connectivity index (χ1n) is 10.6. The van der Waals surface area contributed by atoms with Crippen molar-refractivity contribution in [3.8, 4) is 17.1 Å². The number of carbonyl (C=O) groups is 2. The normalized spacial score (nSPS) is 15.5. The summed E-state index contributed by atoms with van der Waals surface area (Å²) in [5, 5.41) is 11.1. The van der Waals surface area contributed by atoms with Gasteiger partial charge >= 0.3 is 0 Å². The fourth-order valence-corrected chi connectivity index (χ4v) is 4.47. The van der Waals surface area contributed by atoms with Gasteiger partial charge in [0.15, 0.2) is 5.82 Å². The number of carbonyl (C=O) groups excluding carboxylic acids is 2. The van der Waals surface area contributed by atoms with Crippen LogP contribution < -0.4 is 20.8 Å². The minimum absolute atomic E-state index is 0.224. The summed E-state index contributed by atoms with van der Waals surface area (Å²) < 4.78 is 6.84. The predicted molar refractivity (Wildman–Crippen MR) is 129 cm³/mol. The lowest BCUT2D eigenvalue weighted by Gasteiger charge is -2.43. The number of hydrogen-bond acceptors (Lipinski definition) is 7. The van der Waals surface area contributed by atoms with Crippen molar-refractivity contribution in [3.63, 3.8) is 0 Å². The Kier molecular flexibility index (Phi) is 6.03. The topological polar surface area (TPSA) is 115 Å². The number of benzene rings is 2. The molecule has 2 amide bonds. The number of ether oxygens (including phenoxy) is 1. The molecule has 2 heterocycles. The number of para-hydroxylation sites is 2. The van der Waals surface area contributed by atoms with Gasteiger partial charge in [0.25, 0.3) is 0 Å². The Hall–Kier alpha value is -3.53. The molecule has 1 unspecified atom stereocenters. The quantitative estimate of drug-likeness (QED) is 0.423. The van der Waals surface area contributed by atoms with E-state index in [0.717, 1.165) is 11.3 Å². The van der Waals surface area contributed by atoms with Crippen molar-refractivity contribution in [3.05, 3.63) is 48.5 Å². The molecule has 0 fully saturated rings. The van der Waals surface area contributed by atoms with Gasteiger partial charge in [0.1, 0.15) is 11.3 Å². The summed E-state index contributed by atoms with van der Waals surface area (Å²) in [6.07, 6.45) is 0. The average molecular weight is 467 g/mol. The van der Waals surface area contributed by atoms with E-state index in [4.69, 9.17) is 10.6 Å². The third-order valence-corrected chi connectivity index (χ3v) is 6.49. The number of nitrogens with zero attached hydrogens (tertiary/aromatic N) is 4. The van der Waals surface area contributed by atoms with Crippen LogP contribution in [-0.4, -0.2) is 44.1 Å². The van der Waals surface area contributed by atoms with Crippen LogP contribution >= 0.6 is 11.8 Å². The first kappa shape index (κ1) is 22.7. The van der Waals surface area contributed by atoms with Gasteiger partial charge in [-0.05, 0) is 64.1 Å².